The van der Waals surface area contributed by atoms with Gasteiger partial charge in [0, 0.05) is 21.6 Å². The molecule has 0 aromatic heterocycles. The summed E-state index contributed by atoms with van der Waals surface area (Å²) >= 11 is 6.50. The summed E-state index contributed by atoms with van der Waals surface area (Å²) in [4.78, 5) is 0.0119. The van der Waals surface area contributed by atoms with Gasteiger partial charge in [0.15, 0.2) is 0 Å². The lowest BCUT2D eigenvalue weighted by Gasteiger charge is -2.31. The van der Waals surface area contributed by atoms with E-state index < -0.39 is 16.1 Å². The number of hydrogen-bond acceptors (Lipinski definition) is 4. The number of anilines is 1. The quantitative estimate of drug-likeness (QED) is 0.610. The Bertz CT molecular complexity index is 589. The van der Waals surface area contributed by atoms with Crippen molar-refractivity contribution in [3.05, 3.63) is 21.1 Å². The van der Waals surface area contributed by atoms with E-state index in [0.29, 0.717) is 15.4 Å². The highest BCUT2D eigenvalue weighted by atomic mass is 79.9. The summed E-state index contributed by atoms with van der Waals surface area (Å²) in [6.45, 7) is 5.64. The monoisotopic (exact) mass is 442 g/mol. The summed E-state index contributed by atoms with van der Waals surface area (Å²) in [5.41, 5.74) is 5.66. The zero-order valence-electron chi connectivity index (χ0n) is 12.2. The first-order valence-electron chi connectivity index (χ1n) is 6.36. The van der Waals surface area contributed by atoms with Crippen LogP contribution in [0.25, 0.3) is 0 Å². The van der Waals surface area contributed by atoms with Crippen LogP contribution in [0.4, 0.5) is 5.69 Å². The van der Waals surface area contributed by atoms with E-state index >= 15 is 0 Å². The maximum Gasteiger partial charge on any atom is 0.244 e. The Kier molecular flexibility index (Phi) is 6.26. The molecule has 120 valence electrons. The van der Waals surface area contributed by atoms with E-state index in [0.717, 1.165) is 0 Å². The third-order valence-electron chi connectivity index (χ3n) is 3.07. The molecule has 0 bridgehead atoms. The largest absolute Gasteiger partial charge is 0.398 e. The Morgan fingerprint density at radius 1 is 1.33 bits per heavy atom. The van der Waals surface area contributed by atoms with Crippen molar-refractivity contribution in [2.45, 2.75) is 38.1 Å². The van der Waals surface area contributed by atoms with Crippen molar-refractivity contribution in [2.75, 3.05) is 12.3 Å². The fraction of sp³-hybridized carbons (Fsp3) is 0.538. The summed E-state index contributed by atoms with van der Waals surface area (Å²) in [6.07, 6.45) is 0.330. The average molecular weight is 444 g/mol. The first-order valence-corrected chi connectivity index (χ1v) is 9.43. The van der Waals surface area contributed by atoms with Gasteiger partial charge in [-0.05, 0) is 39.9 Å². The molecule has 0 radical (unpaired) electrons. The molecule has 0 spiro atoms. The van der Waals surface area contributed by atoms with Crippen molar-refractivity contribution < 1.29 is 13.5 Å². The standard InChI is InChI=1S/C13H20Br2N2O3S/c1-13(2,3)11(4-5-18)17-21(19,20)12-9(15)6-8(14)7-10(12)16/h6-7,11,17-18H,4-5,16H2,1-3H3. The molecule has 0 fully saturated rings. The van der Waals surface area contributed by atoms with Crippen molar-refractivity contribution >= 4 is 47.6 Å². The second kappa shape index (κ2) is 6.95. The van der Waals surface area contributed by atoms with Gasteiger partial charge in [0.2, 0.25) is 10.0 Å². The molecule has 0 aliphatic heterocycles. The maximum atomic E-state index is 12.6. The SMILES string of the molecule is CC(C)(C)C(CCO)NS(=O)(=O)c1c(N)cc(Br)cc1Br. The first-order chi connectivity index (χ1) is 9.49. The Labute approximate surface area is 142 Å². The van der Waals surface area contributed by atoms with E-state index in [1.165, 1.54) is 6.07 Å². The molecule has 1 rings (SSSR count). The van der Waals surface area contributed by atoms with Crippen LogP contribution in [0, 0.1) is 5.41 Å². The highest BCUT2D eigenvalue weighted by Gasteiger charge is 2.31. The fourth-order valence-electron chi connectivity index (χ4n) is 1.91. The smallest absolute Gasteiger partial charge is 0.244 e. The molecule has 0 amide bonds. The van der Waals surface area contributed by atoms with Crippen LogP contribution in [0.1, 0.15) is 27.2 Å². The number of sulfonamides is 1. The topological polar surface area (TPSA) is 92.4 Å². The molecule has 1 unspecified atom stereocenters. The Morgan fingerprint density at radius 3 is 2.33 bits per heavy atom. The van der Waals surface area contributed by atoms with Gasteiger partial charge in [0.25, 0.3) is 0 Å². The van der Waals surface area contributed by atoms with Gasteiger partial charge in [-0.1, -0.05) is 36.7 Å². The normalized spacial score (nSPS) is 14.2. The number of nitrogen functional groups attached to an aromatic ring is 1. The lowest BCUT2D eigenvalue weighted by molar-refractivity contribution is 0.214. The van der Waals surface area contributed by atoms with Crippen molar-refractivity contribution in [1.82, 2.24) is 4.72 Å². The first kappa shape index (κ1) is 18.9. The minimum absolute atomic E-state index is 0.0119. The molecule has 0 saturated heterocycles. The molecular weight excluding hydrogens is 424 g/mol. The minimum atomic E-state index is -3.80. The lowest BCUT2D eigenvalue weighted by Crippen LogP contribution is -2.44. The van der Waals surface area contributed by atoms with E-state index in [-0.39, 0.29) is 22.6 Å². The van der Waals surface area contributed by atoms with E-state index in [4.69, 9.17) is 10.8 Å². The van der Waals surface area contributed by atoms with Crippen LogP contribution in [0.5, 0.6) is 0 Å². The van der Waals surface area contributed by atoms with Crippen LogP contribution in [-0.4, -0.2) is 26.2 Å². The zero-order valence-corrected chi connectivity index (χ0v) is 16.1. The summed E-state index contributed by atoms with van der Waals surface area (Å²) < 4.78 is 28.9. The van der Waals surface area contributed by atoms with Crippen LogP contribution < -0.4 is 10.5 Å². The molecule has 1 aromatic carbocycles. The zero-order chi connectivity index (χ0) is 16.4. The van der Waals surface area contributed by atoms with Crippen molar-refractivity contribution in [3.8, 4) is 0 Å². The molecular formula is C13H20Br2N2O3S. The third-order valence-corrected chi connectivity index (χ3v) is 6.00. The molecule has 0 heterocycles. The van der Waals surface area contributed by atoms with Gasteiger partial charge in [-0.25, -0.2) is 13.1 Å². The van der Waals surface area contributed by atoms with Gasteiger partial charge >= 0.3 is 0 Å². The van der Waals surface area contributed by atoms with Gasteiger partial charge in [0.05, 0.1) is 5.69 Å². The molecule has 4 N–H and O–H groups in total. The van der Waals surface area contributed by atoms with Gasteiger partial charge in [0.1, 0.15) is 4.90 Å². The van der Waals surface area contributed by atoms with Crippen LogP contribution in [-0.2, 0) is 10.0 Å². The highest BCUT2D eigenvalue weighted by Crippen LogP contribution is 2.33. The average Bonchev–Trinajstić information content (AvgIpc) is 2.24. The van der Waals surface area contributed by atoms with Crippen molar-refractivity contribution in [3.63, 3.8) is 0 Å². The molecule has 8 heteroatoms. The van der Waals surface area contributed by atoms with Crippen LogP contribution in [0.2, 0.25) is 0 Å². The fourth-order valence-corrected chi connectivity index (χ4v) is 5.45. The van der Waals surface area contributed by atoms with E-state index in [2.05, 4.69) is 36.6 Å². The predicted octanol–water partition coefficient (Wildman–Crippen LogP) is 2.87. The predicted molar refractivity (Wildman–Crippen MR) is 91.5 cm³/mol. The second-order valence-electron chi connectivity index (χ2n) is 5.86. The summed E-state index contributed by atoms with van der Waals surface area (Å²) in [6, 6.07) is 2.77. The molecule has 1 atom stereocenters. The number of aliphatic hydroxyl groups excluding tert-OH is 1. The van der Waals surface area contributed by atoms with Crippen molar-refractivity contribution in [2.24, 2.45) is 5.41 Å². The molecule has 0 aliphatic carbocycles. The lowest BCUT2D eigenvalue weighted by atomic mass is 9.86. The molecule has 0 aliphatic rings. The van der Waals surface area contributed by atoms with Gasteiger partial charge < -0.3 is 10.8 Å². The van der Waals surface area contributed by atoms with Crippen LogP contribution >= 0.6 is 31.9 Å². The number of hydrogen-bond donors (Lipinski definition) is 3. The molecule has 21 heavy (non-hydrogen) atoms. The van der Waals surface area contributed by atoms with Crippen LogP contribution in [0.15, 0.2) is 26.0 Å². The number of benzene rings is 1. The Balaban J connectivity index is 3.23. The second-order valence-corrected chi connectivity index (χ2v) is 9.28. The summed E-state index contributed by atoms with van der Waals surface area (Å²) in [7, 11) is -3.80. The summed E-state index contributed by atoms with van der Waals surface area (Å²) in [5, 5.41) is 9.14. The summed E-state index contributed by atoms with van der Waals surface area (Å²) in [5.74, 6) is 0. The Hall–Kier alpha value is -0.150. The number of aliphatic hydroxyl groups is 1. The molecule has 1 aromatic rings. The van der Waals surface area contributed by atoms with E-state index in [1.807, 2.05) is 20.8 Å². The minimum Gasteiger partial charge on any atom is -0.398 e. The van der Waals surface area contributed by atoms with E-state index in [1.54, 1.807) is 6.07 Å². The number of rotatable bonds is 5. The number of nitrogens with one attached hydrogen (secondary N) is 1. The third kappa shape index (κ3) is 4.92. The number of nitrogens with two attached hydrogens (primary N) is 1. The van der Waals surface area contributed by atoms with Gasteiger partial charge in [-0.3, -0.25) is 0 Å². The van der Waals surface area contributed by atoms with Gasteiger partial charge in [-0.2, -0.15) is 0 Å². The number of halogens is 2. The maximum absolute atomic E-state index is 12.6. The van der Waals surface area contributed by atoms with E-state index in [9.17, 15) is 8.42 Å². The van der Waals surface area contributed by atoms with Crippen LogP contribution in [0.3, 0.4) is 0 Å². The molecule has 5 nitrogen and oxygen atoms in total. The Morgan fingerprint density at radius 2 is 1.90 bits per heavy atom. The van der Waals surface area contributed by atoms with Gasteiger partial charge in [-0.15, -0.1) is 0 Å². The highest BCUT2D eigenvalue weighted by molar-refractivity contribution is 9.11. The van der Waals surface area contributed by atoms with Crippen molar-refractivity contribution in [1.29, 1.82) is 0 Å². The molecule has 0 saturated carbocycles.